The zero-order chi connectivity index (χ0) is 13.9. The quantitative estimate of drug-likeness (QED) is 0.857. The number of halogens is 3. The van der Waals surface area contributed by atoms with Gasteiger partial charge in [0.05, 0.1) is 5.56 Å². The third-order valence-corrected chi connectivity index (χ3v) is 3.99. The van der Waals surface area contributed by atoms with E-state index in [1.807, 2.05) is 0 Å². The minimum absolute atomic E-state index is 0.521. The zero-order valence-corrected chi connectivity index (χ0v) is 11.1. The topological polar surface area (TPSA) is 12.0 Å². The second-order valence-corrected chi connectivity index (χ2v) is 5.36. The van der Waals surface area contributed by atoms with Gasteiger partial charge in [0.25, 0.3) is 0 Å². The Morgan fingerprint density at radius 2 is 1.84 bits per heavy atom. The highest BCUT2D eigenvalue weighted by Crippen LogP contribution is 2.30. The van der Waals surface area contributed by atoms with Crippen LogP contribution in [0.15, 0.2) is 24.3 Å². The first-order valence-corrected chi connectivity index (χ1v) is 6.88. The van der Waals surface area contributed by atoms with E-state index in [2.05, 4.69) is 12.2 Å². The fraction of sp³-hybridized carbons (Fsp3) is 0.600. The van der Waals surface area contributed by atoms with Gasteiger partial charge >= 0.3 is 6.18 Å². The van der Waals surface area contributed by atoms with Crippen molar-refractivity contribution in [2.45, 2.75) is 51.4 Å². The molecule has 1 aliphatic rings. The van der Waals surface area contributed by atoms with E-state index in [4.69, 9.17) is 0 Å². The first-order chi connectivity index (χ1) is 8.99. The van der Waals surface area contributed by atoms with Crippen molar-refractivity contribution in [3.8, 4) is 0 Å². The number of nitrogens with one attached hydrogen (secondary N) is 1. The average molecular weight is 271 g/mol. The van der Waals surface area contributed by atoms with Crippen LogP contribution in [-0.4, -0.2) is 6.04 Å². The van der Waals surface area contributed by atoms with Crippen molar-refractivity contribution in [2.75, 3.05) is 0 Å². The SMILES string of the molecule is CCC1CCC(NCc2ccc(C(F)(F)F)cc2)C1. The fourth-order valence-electron chi connectivity index (χ4n) is 2.70. The van der Waals surface area contributed by atoms with E-state index >= 15 is 0 Å². The molecule has 2 rings (SSSR count). The van der Waals surface area contributed by atoms with Gasteiger partial charge in [-0.15, -0.1) is 0 Å². The summed E-state index contributed by atoms with van der Waals surface area (Å²) in [7, 11) is 0. The normalized spacial score (nSPS) is 23.8. The highest BCUT2D eigenvalue weighted by molar-refractivity contribution is 5.24. The molecule has 0 bridgehead atoms. The Kier molecular flexibility index (Phi) is 4.50. The van der Waals surface area contributed by atoms with Gasteiger partial charge in [0.1, 0.15) is 0 Å². The van der Waals surface area contributed by atoms with E-state index in [-0.39, 0.29) is 0 Å². The number of hydrogen-bond acceptors (Lipinski definition) is 1. The monoisotopic (exact) mass is 271 g/mol. The summed E-state index contributed by atoms with van der Waals surface area (Å²) < 4.78 is 37.3. The van der Waals surface area contributed by atoms with Crippen LogP contribution >= 0.6 is 0 Å². The molecular formula is C15H20F3N. The molecule has 2 atom stereocenters. The maximum absolute atomic E-state index is 12.4. The van der Waals surface area contributed by atoms with Crippen molar-refractivity contribution in [1.29, 1.82) is 0 Å². The summed E-state index contributed by atoms with van der Waals surface area (Å²) >= 11 is 0. The standard InChI is InChI=1S/C15H20F3N/c1-2-11-5-8-14(9-11)19-10-12-3-6-13(7-4-12)15(16,17)18/h3-4,6-7,11,14,19H,2,5,8-10H2,1H3. The van der Waals surface area contributed by atoms with E-state index in [0.29, 0.717) is 12.6 Å². The second-order valence-electron chi connectivity index (χ2n) is 5.36. The van der Waals surface area contributed by atoms with Gasteiger partial charge in [-0.3, -0.25) is 0 Å². The lowest BCUT2D eigenvalue weighted by molar-refractivity contribution is -0.137. The Morgan fingerprint density at radius 1 is 1.16 bits per heavy atom. The largest absolute Gasteiger partial charge is 0.416 e. The molecule has 19 heavy (non-hydrogen) atoms. The van der Waals surface area contributed by atoms with Gasteiger partial charge in [0.15, 0.2) is 0 Å². The molecule has 0 radical (unpaired) electrons. The Labute approximate surface area is 112 Å². The lowest BCUT2D eigenvalue weighted by Gasteiger charge is -2.13. The van der Waals surface area contributed by atoms with Gasteiger partial charge in [-0.05, 0) is 42.9 Å². The summed E-state index contributed by atoms with van der Waals surface area (Å²) in [5.74, 6) is 0.810. The molecule has 0 aromatic heterocycles. The average Bonchev–Trinajstić information content (AvgIpc) is 2.84. The Balaban J connectivity index is 1.84. The summed E-state index contributed by atoms with van der Waals surface area (Å²) in [5.41, 5.74) is 0.330. The lowest BCUT2D eigenvalue weighted by atomic mass is 10.1. The van der Waals surface area contributed by atoms with Gasteiger partial charge in [-0.25, -0.2) is 0 Å². The van der Waals surface area contributed by atoms with Crippen molar-refractivity contribution < 1.29 is 13.2 Å². The predicted molar refractivity (Wildman–Crippen MR) is 69.7 cm³/mol. The van der Waals surface area contributed by atoms with Crippen LogP contribution in [0.1, 0.15) is 43.7 Å². The summed E-state index contributed by atoms with van der Waals surface area (Å²) in [6.07, 6.45) is 0.613. The Bertz CT molecular complexity index is 397. The highest BCUT2D eigenvalue weighted by Gasteiger charge is 2.30. The van der Waals surface area contributed by atoms with Crippen LogP contribution in [0.5, 0.6) is 0 Å². The van der Waals surface area contributed by atoms with Crippen LogP contribution in [0.2, 0.25) is 0 Å². The van der Waals surface area contributed by atoms with Crippen LogP contribution in [-0.2, 0) is 12.7 Å². The van der Waals surface area contributed by atoms with Crippen molar-refractivity contribution in [1.82, 2.24) is 5.32 Å². The van der Waals surface area contributed by atoms with Gasteiger partial charge in [0.2, 0.25) is 0 Å². The van der Waals surface area contributed by atoms with Crippen molar-refractivity contribution in [3.05, 3.63) is 35.4 Å². The molecule has 0 aliphatic heterocycles. The van der Waals surface area contributed by atoms with Crippen LogP contribution in [0, 0.1) is 5.92 Å². The van der Waals surface area contributed by atoms with Crippen LogP contribution in [0.3, 0.4) is 0 Å². The number of rotatable bonds is 4. The van der Waals surface area contributed by atoms with Crippen molar-refractivity contribution in [3.63, 3.8) is 0 Å². The molecule has 1 N–H and O–H groups in total. The molecule has 4 heteroatoms. The molecule has 1 aromatic carbocycles. The predicted octanol–water partition coefficient (Wildman–Crippen LogP) is 4.37. The number of alkyl halides is 3. The molecule has 0 heterocycles. The minimum Gasteiger partial charge on any atom is -0.310 e. The first-order valence-electron chi connectivity index (χ1n) is 6.88. The minimum atomic E-state index is -4.24. The summed E-state index contributed by atoms with van der Waals surface area (Å²) in [4.78, 5) is 0. The molecule has 1 saturated carbocycles. The van der Waals surface area contributed by atoms with Crippen molar-refractivity contribution in [2.24, 2.45) is 5.92 Å². The second kappa shape index (κ2) is 5.95. The van der Waals surface area contributed by atoms with E-state index < -0.39 is 11.7 Å². The molecule has 1 nitrogen and oxygen atoms in total. The third-order valence-electron chi connectivity index (χ3n) is 3.99. The Hall–Kier alpha value is -1.03. The van der Waals surface area contributed by atoms with Gasteiger partial charge in [-0.2, -0.15) is 13.2 Å². The smallest absolute Gasteiger partial charge is 0.310 e. The maximum atomic E-state index is 12.4. The van der Waals surface area contributed by atoms with Gasteiger partial charge in [0, 0.05) is 12.6 Å². The van der Waals surface area contributed by atoms with Crippen LogP contribution in [0.25, 0.3) is 0 Å². The Morgan fingerprint density at radius 3 is 2.37 bits per heavy atom. The maximum Gasteiger partial charge on any atom is 0.416 e. The molecule has 0 saturated heterocycles. The van der Waals surface area contributed by atoms with Gasteiger partial charge < -0.3 is 5.32 Å². The molecule has 0 amide bonds. The lowest BCUT2D eigenvalue weighted by Crippen LogP contribution is -2.25. The van der Waals surface area contributed by atoms with Crippen LogP contribution in [0.4, 0.5) is 13.2 Å². The molecule has 1 fully saturated rings. The van der Waals surface area contributed by atoms with Gasteiger partial charge in [-0.1, -0.05) is 25.5 Å². The summed E-state index contributed by atoms with van der Waals surface area (Å²) in [6.45, 7) is 2.86. The summed E-state index contributed by atoms with van der Waals surface area (Å²) in [5, 5.41) is 3.44. The fourth-order valence-corrected chi connectivity index (χ4v) is 2.70. The van der Waals surface area contributed by atoms with Crippen LogP contribution < -0.4 is 5.32 Å². The third kappa shape index (κ3) is 3.96. The molecule has 106 valence electrons. The molecular weight excluding hydrogens is 251 g/mol. The van der Waals surface area contributed by atoms with E-state index in [9.17, 15) is 13.2 Å². The van der Waals surface area contributed by atoms with E-state index in [1.165, 1.54) is 25.7 Å². The highest BCUT2D eigenvalue weighted by atomic mass is 19.4. The molecule has 0 spiro atoms. The number of hydrogen-bond donors (Lipinski definition) is 1. The van der Waals surface area contributed by atoms with E-state index in [1.54, 1.807) is 12.1 Å². The summed E-state index contributed by atoms with van der Waals surface area (Å²) in [6, 6.07) is 5.94. The number of benzene rings is 1. The molecule has 2 unspecified atom stereocenters. The first kappa shape index (κ1) is 14.4. The zero-order valence-electron chi connectivity index (χ0n) is 11.1. The van der Waals surface area contributed by atoms with Crippen molar-refractivity contribution >= 4 is 0 Å². The molecule has 1 aromatic rings. The molecule has 1 aliphatic carbocycles. The van der Waals surface area contributed by atoms with E-state index in [0.717, 1.165) is 23.6 Å².